The van der Waals surface area contributed by atoms with Crippen molar-refractivity contribution in [2.45, 2.75) is 37.6 Å². The third-order valence-corrected chi connectivity index (χ3v) is 6.95. The number of aryl methyl sites for hydroxylation is 1. The first-order valence-corrected chi connectivity index (χ1v) is 10.2. The van der Waals surface area contributed by atoms with Gasteiger partial charge in [0, 0.05) is 21.2 Å². The van der Waals surface area contributed by atoms with Crippen molar-refractivity contribution in [3.63, 3.8) is 0 Å². The first kappa shape index (κ1) is 17.7. The van der Waals surface area contributed by atoms with Gasteiger partial charge in [0.15, 0.2) is 0 Å². The second-order valence-electron chi connectivity index (χ2n) is 6.38. The second kappa shape index (κ2) is 6.78. The minimum Gasteiger partial charge on any atom is -0.322 e. The van der Waals surface area contributed by atoms with Crippen molar-refractivity contribution in [2.75, 3.05) is 5.32 Å². The van der Waals surface area contributed by atoms with Crippen molar-refractivity contribution in [3.05, 3.63) is 55.6 Å². The molecule has 1 N–H and O–H groups in total. The number of nitrogens with one attached hydrogen (secondary N) is 1. The van der Waals surface area contributed by atoms with Crippen molar-refractivity contribution in [1.29, 1.82) is 0 Å². The summed E-state index contributed by atoms with van der Waals surface area (Å²) >= 11 is 3.21. The Balaban J connectivity index is 1.55. The number of carbonyl (C=O) groups is 1. The quantitative estimate of drug-likeness (QED) is 0.689. The number of carbonyl (C=O) groups excluding carboxylic acids is 1. The van der Waals surface area contributed by atoms with Gasteiger partial charge in [0.2, 0.25) is 0 Å². The van der Waals surface area contributed by atoms with Crippen LogP contribution in [0, 0.1) is 0 Å². The van der Waals surface area contributed by atoms with Gasteiger partial charge in [0.05, 0.1) is 10.5 Å². The Morgan fingerprint density at radius 2 is 1.92 bits per heavy atom. The fourth-order valence-electron chi connectivity index (χ4n) is 3.34. The van der Waals surface area contributed by atoms with E-state index in [1.165, 1.54) is 52.7 Å². The molecule has 0 saturated heterocycles. The van der Waals surface area contributed by atoms with Gasteiger partial charge in [-0.15, -0.1) is 23.1 Å². The fraction of sp³-hybridized carbons (Fsp3) is 0.316. The maximum atomic E-state index is 12.8. The van der Waals surface area contributed by atoms with Crippen molar-refractivity contribution in [1.82, 2.24) is 0 Å². The first-order valence-electron chi connectivity index (χ1n) is 8.38. The summed E-state index contributed by atoms with van der Waals surface area (Å²) < 4.78 is 38.4. The van der Waals surface area contributed by atoms with E-state index in [-0.39, 0.29) is 11.6 Å². The van der Waals surface area contributed by atoms with Crippen molar-refractivity contribution in [3.8, 4) is 0 Å². The van der Waals surface area contributed by atoms with Gasteiger partial charge in [-0.05, 0) is 61.1 Å². The second-order valence-corrected chi connectivity index (χ2v) is 8.54. The number of hydrogen-bond donors (Lipinski definition) is 1. The van der Waals surface area contributed by atoms with Crippen LogP contribution < -0.4 is 5.32 Å². The summed E-state index contributed by atoms with van der Waals surface area (Å²) in [5.41, 5.74) is 2.18. The molecule has 0 fully saturated rings. The average Bonchev–Trinajstić information content (AvgIpc) is 2.99. The zero-order valence-corrected chi connectivity index (χ0v) is 15.4. The molecule has 1 aromatic heterocycles. The van der Waals surface area contributed by atoms with E-state index < -0.39 is 11.7 Å². The van der Waals surface area contributed by atoms with Crippen LogP contribution in [0.3, 0.4) is 0 Å². The van der Waals surface area contributed by atoms with Gasteiger partial charge in [-0.2, -0.15) is 13.2 Å². The number of hydrogen-bond acceptors (Lipinski definition) is 3. The van der Waals surface area contributed by atoms with Gasteiger partial charge in [0.1, 0.15) is 0 Å². The number of benzene rings is 1. The smallest absolute Gasteiger partial charge is 0.322 e. The molecule has 136 valence electrons. The lowest BCUT2D eigenvalue weighted by Crippen LogP contribution is -2.15. The Labute approximate surface area is 157 Å². The zero-order valence-electron chi connectivity index (χ0n) is 13.8. The van der Waals surface area contributed by atoms with E-state index in [0.29, 0.717) is 4.91 Å². The van der Waals surface area contributed by atoms with Gasteiger partial charge in [-0.25, -0.2) is 0 Å². The minimum absolute atomic E-state index is 0.155. The minimum atomic E-state index is -4.43. The molecule has 2 heterocycles. The largest absolute Gasteiger partial charge is 0.416 e. The molecule has 1 aromatic carbocycles. The van der Waals surface area contributed by atoms with Gasteiger partial charge >= 0.3 is 6.18 Å². The predicted molar refractivity (Wildman–Crippen MR) is 100 cm³/mol. The molecule has 7 heteroatoms. The van der Waals surface area contributed by atoms with Crippen LogP contribution in [0.5, 0.6) is 0 Å². The van der Waals surface area contributed by atoms with E-state index in [9.17, 15) is 18.0 Å². The lowest BCUT2D eigenvalue weighted by Gasteiger charge is -2.16. The number of fused-ring (bicyclic) bond motifs is 3. The lowest BCUT2D eigenvalue weighted by atomic mass is 9.95. The van der Waals surface area contributed by atoms with Crippen LogP contribution in [-0.2, 0) is 29.6 Å². The van der Waals surface area contributed by atoms with Crippen LogP contribution in [0.4, 0.5) is 18.9 Å². The maximum absolute atomic E-state index is 12.8. The molecule has 2 aliphatic rings. The van der Waals surface area contributed by atoms with Crippen LogP contribution in [0.2, 0.25) is 0 Å². The highest BCUT2D eigenvalue weighted by molar-refractivity contribution is 8.03. The van der Waals surface area contributed by atoms with Gasteiger partial charge in [-0.1, -0.05) is 6.07 Å². The molecule has 0 spiro atoms. The monoisotopic (exact) mass is 395 g/mol. The van der Waals surface area contributed by atoms with E-state index in [1.807, 2.05) is 6.08 Å². The summed E-state index contributed by atoms with van der Waals surface area (Å²) in [6.07, 6.45) is 2.11. The first-order chi connectivity index (χ1) is 12.4. The van der Waals surface area contributed by atoms with E-state index in [4.69, 9.17) is 0 Å². The summed E-state index contributed by atoms with van der Waals surface area (Å²) in [5, 5.41) is 2.59. The van der Waals surface area contributed by atoms with Crippen molar-refractivity contribution in [2.24, 2.45) is 0 Å². The summed E-state index contributed by atoms with van der Waals surface area (Å²) in [6.45, 7) is 0. The fourth-order valence-corrected chi connectivity index (χ4v) is 5.87. The molecule has 0 bridgehead atoms. The van der Waals surface area contributed by atoms with Gasteiger partial charge in [-0.3, -0.25) is 4.79 Å². The molecule has 0 saturated carbocycles. The molecule has 2 nitrogen and oxygen atoms in total. The molecule has 0 unspecified atom stereocenters. The Bertz CT molecular complexity index is 899. The number of rotatable bonds is 2. The number of amides is 1. The Morgan fingerprint density at radius 3 is 2.73 bits per heavy atom. The third kappa shape index (κ3) is 3.42. The highest BCUT2D eigenvalue weighted by Crippen LogP contribution is 2.42. The Hall–Kier alpha value is -1.73. The van der Waals surface area contributed by atoms with Crippen molar-refractivity contribution >= 4 is 40.8 Å². The number of halogens is 3. The molecule has 1 amide bonds. The molecule has 2 aromatic rings. The predicted octanol–water partition coefficient (Wildman–Crippen LogP) is 5.87. The van der Waals surface area contributed by atoms with E-state index in [1.54, 1.807) is 11.3 Å². The van der Waals surface area contributed by atoms with Gasteiger partial charge in [0.25, 0.3) is 5.91 Å². The molecular weight excluding hydrogens is 379 g/mol. The average molecular weight is 395 g/mol. The lowest BCUT2D eigenvalue weighted by molar-refractivity contribution is -0.137. The number of thiophene rings is 1. The summed E-state index contributed by atoms with van der Waals surface area (Å²) in [5.74, 6) is 0.398. The zero-order chi connectivity index (χ0) is 18.3. The third-order valence-electron chi connectivity index (χ3n) is 4.62. The molecule has 1 aliphatic heterocycles. The van der Waals surface area contributed by atoms with E-state index >= 15 is 0 Å². The molecule has 26 heavy (non-hydrogen) atoms. The highest BCUT2D eigenvalue weighted by atomic mass is 32.2. The Kier molecular flexibility index (Phi) is 4.61. The van der Waals surface area contributed by atoms with Crippen LogP contribution in [-0.4, -0.2) is 5.91 Å². The number of thioether (sulfide) groups is 1. The van der Waals surface area contributed by atoms with Gasteiger partial charge < -0.3 is 5.32 Å². The summed E-state index contributed by atoms with van der Waals surface area (Å²) in [7, 11) is 0. The molecule has 4 rings (SSSR count). The number of anilines is 1. The highest BCUT2D eigenvalue weighted by Gasteiger charge is 2.31. The Morgan fingerprint density at radius 1 is 1.12 bits per heavy atom. The van der Waals surface area contributed by atoms with E-state index in [2.05, 4.69) is 5.32 Å². The SMILES string of the molecule is O=C(Nc1cccc(C(F)(F)F)c1)C1=Cc2sc3c(c2CS1)CCCC3. The topological polar surface area (TPSA) is 29.1 Å². The molecule has 0 radical (unpaired) electrons. The normalized spacial score (nSPS) is 16.5. The maximum Gasteiger partial charge on any atom is 0.416 e. The number of alkyl halides is 3. The van der Waals surface area contributed by atoms with E-state index in [0.717, 1.165) is 35.6 Å². The van der Waals surface area contributed by atoms with Crippen LogP contribution in [0.25, 0.3) is 6.08 Å². The molecule has 1 aliphatic carbocycles. The standard InChI is InChI=1S/C19H16F3NOS2/c20-19(21,22)11-4-3-5-12(8-11)23-18(24)17-9-16-14(10-25-17)13-6-1-2-7-15(13)26-16/h3-5,8-9H,1-2,6-7,10H2,(H,23,24). The molecule has 0 atom stereocenters. The van der Waals surface area contributed by atoms with Crippen molar-refractivity contribution < 1.29 is 18.0 Å². The summed E-state index contributed by atoms with van der Waals surface area (Å²) in [4.78, 5) is 15.6. The summed E-state index contributed by atoms with van der Waals surface area (Å²) in [6, 6.07) is 4.72. The van der Waals surface area contributed by atoms with Crippen LogP contribution >= 0.6 is 23.1 Å². The van der Waals surface area contributed by atoms with Crippen LogP contribution in [0.1, 0.15) is 39.3 Å². The van der Waals surface area contributed by atoms with Crippen LogP contribution in [0.15, 0.2) is 29.2 Å². The molecular formula is C19H16F3NOS2.